The summed E-state index contributed by atoms with van der Waals surface area (Å²) < 4.78 is 10.2. The van der Waals surface area contributed by atoms with E-state index in [9.17, 15) is 4.55 Å². The Balaban J connectivity index is 2.75. The van der Waals surface area contributed by atoms with Crippen molar-refractivity contribution in [2.24, 2.45) is 0 Å². The molecule has 0 aromatic carbocycles. The van der Waals surface area contributed by atoms with Gasteiger partial charge in [-0.25, -0.2) is 0 Å². The Morgan fingerprint density at radius 2 is 1.67 bits per heavy atom. The van der Waals surface area contributed by atoms with Crippen molar-refractivity contribution in [1.82, 2.24) is 0 Å². The largest absolute Gasteiger partial charge is 0.616 e. The molecule has 0 aliphatic heterocycles. The monoisotopic (exact) mass is 104 g/mol. The molecular formula is C4H8OS. The Hall–Kier alpha value is 0.310. The fraction of sp³-hybridized carbons (Fsp3) is 0.500. The molecule has 0 aromatic heterocycles. The maximum Gasteiger partial charge on any atom is 0.105 e. The molecule has 0 spiro atoms. The maximum absolute atomic E-state index is 10.2. The van der Waals surface area contributed by atoms with Crippen molar-refractivity contribution in [3.8, 4) is 0 Å². The van der Waals surface area contributed by atoms with Crippen LogP contribution in [0, 0.1) is 13.8 Å². The van der Waals surface area contributed by atoms with Gasteiger partial charge in [0.15, 0.2) is 0 Å². The molecule has 0 heterocycles. The highest BCUT2D eigenvalue weighted by Crippen LogP contribution is 1.83. The van der Waals surface area contributed by atoms with Gasteiger partial charge in [-0.2, -0.15) is 0 Å². The van der Waals surface area contributed by atoms with Crippen LogP contribution in [0.4, 0.5) is 0 Å². The van der Waals surface area contributed by atoms with Gasteiger partial charge < -0.3 is 4.55 Å². The van der Waals surface area contributed by atoms with Crippen LogP contribution in [-0.2, 0) is 11.2 Å². The quantitative estimate of drug-likeness (QED) is 0.465. The predicted octanol–water partition coefficient (Wildman–Crippen LogP) is 0.403. The first-order chi connectivity index (χ1) is 2.81. The van der Waals surface area contributed by atoms with Crippen molar-refractivity contribution in [2.75, 3.05) is 11.5 Å². The molecule has 0 unspecified atom stereocenters. The third-order valence-corrected chi connectivity index (χ3v) is 1.37. The van der Waals surface area contributed by atoms with Gasteiger partial charge in [0.25, 0.3) is 0 Å². The molecular weight excluding hydrogens is 96.1 g/mol. The van der Waals surface area contributed by atoms with Crippen LogP contribution < -0.4 is 0 Å². The molecule has 0 bridgehead atoms. The number of hydrogen-bond donors (Lipinski definition) is 0. The molecule has 0 fully saturated rings. The summed E-state index contributed by atoms with van der Waals surface area (Å²) in [6.45, 7) is 6.83. The van der Waals surface area contributed by atoms with Crippen LogP contribution in [0.2, 0.25) is 0 Å². The Bertz CT molecular complexity index is 26.7. The Kier molecular flexibility index (Phi) is 3.68. The third kappa shape index (κ3) is 2.54. The molecule has 0 amide bonds. The van der Waals surface area contributed by atoms with E-state index in [1.807, 2.05) is 0 Å². The Labute approximate surface area is 41.9 Å². The van der Waals surface area contributed by atoms with Crippen LogP contribution in [0.3, 0.4) is 0 Å². The second kappa shape index (κ2) is 3.50. The standard InChI is InChI=1S/C4H8OS/c1-3-6(5)4-2/h1-4H2. The van der Waals surface area contributed by atoms with Gasteiger partial charge in [0.2, 0.25) is 0 Å². The van der Waals surface area contributed by atoms with Crippen LogP contribution in [-0.4, -0.2) is 16.1 Å². The molecule has 0 aliphatic carbocycles. The SMILES string of the molecule is [CH2]C[S+]([O-])C[CH2]. The van der Waals surface area contributed by atoms with Crippen LogP contribution in [0.25, 0.3) is 0 Å². The zero-order chi connectivity index (χ0) is 4.99. The minimum Gasteiger partial charge on any atom is -0.616 e. The van der Waals surface area contributed by atoms with Gasteiger partial charge in [0.1, 0.15) is 11.5 Å². The second-order valence-corrected chi connectivity index (χ2v) is 2.54. The zero-order valence-electron chi connectivity index (χ0n) is 3.64. The lowest BCUT2D eigenvalue weighted by molar-refractivity contribution is 0.600. The van der Waals surface area contributed by atoms with Crippen molar-refractivity contribution in [2.45, 2.75) is 0 Å². The lowest BCUT2D eigenvalue weighted by Gasteiger charge is -2.01. The molecule has 1 nitrogen and oxygen atoms in total. The topological polar surface area (TPSA) is 23.1 Å². The van der Waals surface area contributed by atoms with Crippen molar-refractivity contribution < 1.29 is 4.55 Å². The molecule has 6 heavy (non-hydrogen) atoms. The van der Waals surface area contributed by atoms with E-state index in [1.54, 1.807) is 0 Å². The highest BCUT2D eigenvalue weighted by atomic mass is 32.2. The number of hydrogen-bond acceptors (Lipinski definition) is 1. The first-order valence-corrected chi connectivity index (χ1v) is 3.23. The molecule has 2 radical (unpaired) electrons. The van der Waals surface area contributed by atoms with Crippen molar-refractivity contribution in [3.05, 3.63) is 13.8 Å². The lowest BCUT2D eigenvalue weighted by Crippen LogP contribution is -2.04. The van der Waals surface area contributed by atoms with Crippen LogP contribution in [0.1, 0.15) is 0 Å². The summed E-state index contributed by atoms with van der Waals surface area (Å²) in [5.41, 5.74) is 0. The normalized spacial score (nSPS) is 10.0. The van der Waals surface area contributed by atoms with Crippen LogP contribution in [0.15, 0.2) is 0 Å². The smallest absolute Gasteiger partial charge is 0.105 e. The molecule has 0 saturated heterocycles. The molecule has 0 aliphatic rings. The lowest BCUT2D eigenvalue weighted by atomic mass is 11.0. The molecule has 0 rings (SSSR count). The van der Waals surface area contributed by atoms with E-state index in [2.05, 4.69) is 13.8 Å². The van der Waals surface area contributed by atoms with Gasteiger partial charge in [0, 0.05) is 0 Å². The zero-order valence-corrected chi connectivity index (χ0v) is 4.46. The van der Waals surface area contributed by atoms with Gasteiger partial charge >= 0.3 is 0 Å². The summed E-state index contributed by atoms with van der Waals surface area (Å²) in [7, 11) is 0. The van der Waals surface area contributed by atoms with Crippen LogP contribution >= 0.6 is 0 Å². The predicted molar refractivity (Wildman–Crippen MR) is 28.6 cm³/mol. The summed E-state index contributed by atoms with van der Waals surface area (Å²) in [4.78, 5) is 0. The van der Waals surface area contributed by atoms with Gasteiger partial charge in [0.05, 0.1) is 0 Å². The van der Waals surface area contributed by atoms with Gasteiger partial charge in [-0.05, 0) is 13.8 Å². The van der Waals surface area contributed by atoms with Crippen molar-refractivity contribution in [3.63, 3.8) is 0 Å². The first kappa shape index (κ1) is 6.31. The van der Waals surface area contributed by atoms with Gasteiger partial charge in [-0.15, -0.1) is 0 Å². The van der Waals surface area contributed by atoms with Crippen LogP contribution in [0.5, 0.6) is 0 Å². The summed E-state index contributed by atoms with van der Waals surface area (Å²) in [6.07, 6.45) is 0. The van der Waals surface area contributed by atoms with Gasteiger partial charge in [-0.3, -0.25) is 0 Å². The number of rotatable bonds is 2. The highest BCUT2D eigenvalue weighted by molar-refractivity contribution is 7.91. The molecule has 36 valence electrons. The summed E-state index contributed by atoms with van der Waals surface area (Å²) in [6, 6.07) is 0. The minimum absolute atomic E-state index is 0.490. The summed E-state index contributed by atoms with van der Waals surface area (Å²) in [5, 5.41) is 0. The minimum atomic E-state index is -0.756. The highest BCUT2D eigenvalue weighted by Gasteiger charge is 1.91. The van der Waals surface area contributed by atoms with E-state index in [-0.39, 0.29) is 0 Å². The second-order valence-electron chi connectivity index (χ2n) is 0.848. The summed E-state index contributed by atoms with van der Waals surface area (Å²) in [5.74, 6) is 0.979. The maximum atomic E-state index is 10.2. The van der Waals surface area contributed by atoms with E-state index in [0.29, 0.717) is 11.5 Å². The van der Waals surface area contributed by atoms with E-state index < -0.39 is 11.2 Å². The Morgan fingerprint density at radius 3 is 1.67 bits per heavy atom. The Morgan fingerprint density at radius 1 is 1.33 bits per heavy atom. The fourth-order valence-electron chi connectivity index (χ4n) is 0.102. The average molecular weight is 104 g/mol. The molecule has 2 heteroatoms. The average Bonchev–Trinajstić information content (AvgIpc) is 1.65. The van der Waals surface area contributed by atoms with Crippen molar-refractivity contribution >= 4 is 11.2 Å². The van der Waals surface area contributed by atoms with E-state index >= 15 is 0 Å². The summed E-state index contributed by atoms with van der Waals surface area (Å²) >= 11 is -0.756. The molecule has 0 N–H and O–H groups in total. The molecule has 0 aromatic rings. The van der Waals surface area contributed by atoms with E-state index in [4.69, 9.17) is 0 Å². The molecule has 0 saturated carbocycles. The fourth-order valence-corrected chi connectivity index (χ4v) is 0.306. The van der Waals surface area contributed by atoms with Crippen molar-refractivity contribution in [1.29, 1.82) is 0 Å². The molecule has 0 atom stereocenters. The first-order valence-electron chi connectivity index (χ1n) is 1.74. The third-order valence-electron chi connectivity index (χ3n) is 0.455. The van der Waals surface area contributed by atoms with Gasteiger partial charge in [-0.1, -0.05) is 11.2 Å². The van der Waals surface area contributed by atoms with E-state index in [1.165, 1.54) is 0 Å². The van der Waals surface area contributed by atoms with E-state index in [0.717, 1.165) is 0 Å².